The highest BCUT2D eigenvalue weighted by Gasteiger charge is 2.15. The molecule has 2 nitrogen and oxygen atoms in total. The summed E-state index contributed by atoms with van der Waals surface area (Å²) in [5.41, 5.74) is 2.90. The predicted molar refractivity (Wildman–Crippen MR) is 82.6 cm³/mol. The second kappa shape index (κ2) is 7.66. The van der Waals surface area contributed by atoms with Crippen LogP contribution in [0.5, 0.6) is 0 Å². The van der Waals surface area contributed by atoms with E-state index in [2.05, 4.69) is 48.3 Å². The van der Waals surface area contributed by atoms with Gasteiger partial charge in [-0.15, -0.1) is 0 Å². The van der Waals surface area contributed by atoms with Crippen molar-refractivity contribution < 1.29 is 0 Å². The zero-order chi connectivity index (χ0) is 13.5. The van der Waals surface area contributed by atoms with Crippen molar-refractivity contribution in [3.05, 3.63) is 35.4 Å². The van der Waals surface area contributed by atoms with Gasteiger partial charge in [-0.2, -0.15) is 0 Å². The van der Waals surface area contributed by atoms with Crippen molar-refractivity contribution in [2.75, 3.05) is 26.2 Å². The van der Waals surface area contributed by atoms with Gasteiger partial charge in [0.25, 0.3) is 0 Å². The van der Waals surface area contributed by atoms with Crippen LogP contribution in [0.2, 0.25) is 0 Å². The van der Waals surface area contributed by atoms with Crippen molar-refractivity contribution in [2.45, 2.75) is 45.6 Å². The largest absolute Gasteiger partial charge is 0.314 e. The van der Waals surface area contributed by atoms with Crippen LogP contribution in [0.3, 0.4) is 0 Å². The first kappa shape index (κ1) is 14.5. The molecule has 1 aromatic rings. The van der Waals surface area contributed by atoms with Gasteiger partial charge in [0.15, 0.2) is 0 Å². The Labute approximate surface area is 118 Å². The first-order valence-corrected chi connectivity index (χ1v) is 7.80. The molecule has 0 spiro atoms. The van der Waals surface area contributed by atoms with Gasteiger partial charge in [-0.25, -0.2) is 0 Å². The third-order valence-electron chi connectivity index (χ3n) is 4.36. The molecule has 1 heterocycles. The molecule has 0 radical (unpaired) electrons. The summed E-state index contributed by atoms with van der Waals surface area (Å²) in [5, 5.41) is 3.76. The van der Waals surface area contributed by atoms with E-state index in [9.17, 15) is 0 Å². The molecule has 0 aliphatic carbocycles. The van der Waals surface area contributed by atoms with Crippen LogP contribution in [-0.2, 0) is 6.42 Å². The first-order valence-electron chi connectivity index (χ1n) is 7.80. The number of hydrogen-bond acceptors (Lipinski definition) is 2. The van der Waals surface area contributed by atoms with E-state index in [1.807, 2.05) is 0 Å². The Balaban J connectivity index is 1.72. The Morgan fingerprint density at radius 3 is 2.84 bits per heavy atom. The molecule has 0 aromatic heterocycles. The van der Waals surface area contributed by atoms with Gasteiger partial charge in [-0.1, -0.05) is 31.2 Å². The highest BCUT2D eigenvalue weighted by Crippen LogP contribution is 2.11. The molecule has 1 aliphatic rings. The smallest absolute Gasteiger partial charge is 0.00798 e. The summed E-state index contributed by atoms with van der Waals surface area (Å²) < 4.78 is 0. The Morgan fingerprint density at radius 2 is 2.05 bits per heavy atom. The molecule has 0 saturated carbocycles. The number of likely N-dealkylation sites (tertiary alicyclic amines) is 1. The highest BCUT2D eigenvalue weighted by atomic mass is 15.1. The lowest BCUT2D eigenvalue weighted by Gasteiger charge is -2.18. The molecule has 1 aromatic carbocycles. The zero-order valence-electron chi connectivity index (χ0n) is 12.5. The Morgan fingerprint density at radius 1 is 1.21 bits per heavy atom. The van der Waals surface area contributed by atoms with Crippen LogP contribution >= 0.6 is 0 Å². The molecule has 2 heteroatoms. The van der Waals surface area contributed by atoms with E-state index in [-0.39, 0.29) is 0 Å². The standard InChI is InChI=1S/C17H28N2/c1-3-19-13-6-9-17(11-14-19)18-12-10-16-8-5-4-7-15(16)2/h4-5,7-8,17-18H,3,6,9-14H2,1-2H3. The van der Waals surface area contributed by atoms with E-state index in [0.29, 0.717) is 0 Å². The second-order valence-electron chi connectivity index (χ2n) is 5.69. The summed E-state index contributed by atoms with van der Waals surface area (Å²) >= 11 is 0. The lowest BCUT2D eigenvalue weighted by Crippen LogP contribution is -2.32. The minimum atomic E-state index is 0.723. The predicted octanol–water partition coefficient (Wildman–Crippen LogP) is 3.00. The minimum absolute atomic E-state index is 0.723. The fourth-order valence-electron chi connectivity index (χ4n) is 2.98. The zero-order valence-corrected chi connectivity index (χ0v) is 12.5. The van der Waals surface area contributed by atoms with Gasteiger partial charge in [-0.05, 0) is 69.9 Å². The number of nitrogens with zero attached hydrogens (tertiary/aromatic N) is 1. The number of aryl methyl sites for hydroxylation is 1. The Kier molecular flexibility index (Phi) is 5.87. The summed E-state index contributed by atoms with van der Waals surface area (Å²) in [6.45, 7) is 9.34. The van der Waals surface area contributed by atoms with Crippen LogP contribution in [0.1, 0.15) is 37.3 Å². The van der Waals surface area contributed by atoms with Crippen molar-refractivity contribution in [3.63, 3.8) is 0 Å². The fourth-order valence-corrected chi connectivity index (χ4v) is 2.98. The van der Waals surface area contributed by atoms with Crippen LogP contribution in [-0.4, -0.2) is 37.1 Å². The molecule has 1 fully saturated rings. The number of rotatable bonds is 5. The molecule has 0 bridgehead atoms. The van der Waals surface area contributed by atoms with Crippen LogP contribution in [0.25, 0.3) is 0 Å². The van der Waals surface area contributed by atoms with Gasteiger partial charge in [0.1, 0.15) is 0 Å². The quantitative estimate of drug-likeness (QED) is 0.875. The van der Waals surface area contributed by atoms with Crippen LogP contribution in [0.4, 0.5) is 0 Å². The van der Waals surface area contributed by atoms with Gasteiger partial charge >= 0.3 is 0 Å². The summed E-state index contributed by atoms with van der Waals surface area (Å²) in [4.78, 5) is 2.57. The maximum absolute atomic E-state index is 3.76. The summed E-state index contributed by atoms with van der Waals surface area (Å²) in [6, 6.07) is 9.45. The average molecular weight is 260 g/mol. The monoisotopic (exact) mass is 260 g/mol. The maximum atomic E-state index is 3.76. The number of hydrogen-bond donors (Lipinski definition) is 1. The third kappa shape index (κ3) is 4.63. The van der Waals surface area contributed by atoms with Crippen molar-refractivity contribution in [1.29, 1.82) is 0 Å². The van der Waals surface area contributed by atoms with Gasteiger partial charge in [0, 0.05) is 6.04 Å². The fraction of sp³-hybridized carbons (Fsp3) is 0.647. The lowest BCUT2D eigenvalue weighted by molar-refractivity contribution is 0.297. The van der Waals surface area contributed by atoms with Gasteiger partial charge in [-0.3, -0.25) is 0 Å². The van der Waals surface area contributed by atoms with Gasteiger partial charge in [0.05, 0.1) is 0 Å². The van der Waals surface area contributed by atoms with E-state index in [1.54, 1.807) is 0 Å². The molecule has 1 saturated heterocycles. The first-order chi connectivity index (χ1) is 9.29. The minimum Gasteiger partial charge on any atom is -0.314 e. The summed E-state index contributed by atoms with van der Waals surface area (Å²) in [5.74, 6) is 0. The molecule has 1 aliphatic heterocycles. The molecule has 19 heavy (non-hydrogen) atoms. The molecule has 1 atom stereocenters. The van der Waals surface area contributed by atoms with E-state index < -0.39 is 0 Å². The topological polar surface area (TPSA) is 15.3 Å². The van der Waals surface area contributed by atoms with Crippen molar-refractivity contribution in [2.24, 2.45) is 0 Å². The molecule has 1 unspecified atom stereocenters. The highest BCUT2D eigenvalue weighted by molar-refractivity contribution is 5.25. The number of nitrogens with one attached hydrogen (secondary N) is 1. The molecular weight excluding hydrogens is 232 g/mol. The van der Waals surface area contributed by atoms with Gasteiger partial charge in [0.2, 0.25) is 0 Å². The molecule has 106 valence electrons. The Hall–Kier alpha value is -0.860. The van der Waals surface area contributed by atoms with Crippen LogP contribution < -0.4 is 5.32 Å². The second-order valence-corrected chi connectivity index (χ2v) is 5.69. The Bertz CT molecular complexity index is 375. The lowest BCUT2D eigenvalue weighted by atomic mass is 10.1. The van der Waals surface area contributed by atoms with Crippen LogP contribution in [0, 0.1) is 6.92 Å². The SMILES string of the molecule is CCN1CCCC(NCCc2ccccc2C)CC1. The van der Waals surface area contributed by atoms with Crippen molar-refractivity contribution >= 4 is 0 Å². The molecule has 2 rings (SSSR count). The molecule has 1 N–H and O–H groups in total. The van der Waals surface area contributed by atoms with Crippen molar-refractivity contribution in [1.82, 2.24) is 10.2 Å². The number of benzene rings is 1. The molecule has 0 amide bonds. The molecular formula is C17H28N2. The van der Waals surface area contributed by atoms with E-state index >= 15 is 0 Å². The van der Waals surface area contributed by atoms with Crippen LogP contribution in [0.15, 0.2) is 24.3 Å². The summed E-state index contributed by atoms with van der Waals surface area (Å²) in [6.07, 6.45) is 5.14. The average Bonchev–Trinajstić information content (AvgIpc) is 2.66. The van der Waals surface area contributed by atoms with E-state index in [4.69, 9.17) is 0 Å². The normalized spacial score (nSPS) is 21.3. The summed E-state index contributed by atoms with van der Waals surface area (Å²) in [7, 11) is 0. The van der Waals surface area contributed by atoms with Crippen molar-refractivity contribution in [3.8, 4) is 0 Å². The van der Waals surface area contributed by atoms with E-state index in [0.717, 1.165) is 19.0 Å². The third-order valence-corrected chi connectivity index (χ3v) is 4.36. The van der Waals surface area contributed by atoms with E-state index in [1.165, 1.54) is 50.0 Å². The maximum Gasteiger partial charge on any atom is 0.00798 e. The van der Waals surface area contributed by atoms with Gasteiger partial charge < -0.3 is 10.2 Å².